The van der Waals surface area contributed by atoms with Crippen LogP contribution in [0.4, 0.5) is 5.69 Å². The maximum absolute atomic E-state index is 12.3. The van der Waals surface area contributed by atoms with Crippen LogP contribution in [0.3, 0.4) is 0 Å². The maximum Gasteiger partial charge on any atom is 0.238 e. The summed E-state index contributed by atoms with van der Waals surface area (Å²) < 4.78 is 0. The molecule has 1 N–H and O–H groups in total. The van der Waals surface area contributed by atoms with Gasteiger partial charge < -0.3 is 15.0 Å². The number of para-hydroxylation sites is 1. The number of aryl methyl sites for hydroxylation is 1. The smallest absolute Gasteiger partial charge is 0.238 e. The molecule has 1 aliphatic rings. The van der Waals surface area contributed by atoms with E-state index in [1.54, 1.807) is 4.90 Å². The van der Waals surface area contributed by atoms with Gasteiger partial charge in [0.15, 0.2) is 0 Å². The number of carbonyl (C=O) groups is 3. The molecule has 0 atom stereocenters. The number of ketones is 1. The van der Waals surface area contributed by atoms with Crippen LogP contribution in [0.15, 0.2) is 24.3 Å². The van der Waals surface area contributed by atoms with E-state index in [4.69, 9.17) is 0 Å². The molecule has 1 saturated heterocycles. The Morgan fingerprint density at radius 2 is 1.72 bits per heavy atom. The van der Waals surface area contributed by atoms with Crippen LogP contribution in [0.2, 0.25) is 0 Å². The van der Waals surface area contributed by atoms with Crippen molar-refractivity contribution < 1.29 is 14.4 Å². The van der Waals surface area contributed by atoms with Crippen molar-refractivity contribution in [2.24, 2.45) is 0 Å². The summed E-state index contributed by atoms with van der Waals surface area (Å²) in [5.74, 6) is 0.0319. The molecule has 136 valence electrons. The molecule has 0 saturated carbocycles. The lowest BCUT2D eigenvalue weighted by molar-refractivity contribution is -0.134. The molecule has 1 aromatic carbocycles. The Kier molecular flexibility index (Phi) is 7.13. The number of amides is 2. The third-order valence-corrected chi connectivity index (χ3v) is 4.46. The molecule has 6 nitrogen and oxygen atoms in total. The highest BCUT2D eigenvalue weighted by atomic mass is 16.2. The van der Waals surface area contributed by atoms with Crippen molar-refractivity contribution in [2.75, 3.05) is 38.0 Å². The fourth-order valence-electron chi connectivity index (χ4n) is 2.94. The number of piperazine rings is 1. The third kappa shape index (κ3) is 5.98. The number of carbonyl (C=O) groups excluding carboxylic acids is 3. The molecule has 0 aromatic heterocycles. The van der Waals surface area contributed by atoms with Gasteiger partial charge in [0.2, 0.25) is 11.8 Å². The molecule has 0 unspecified atom stereocenters. The Morgan fingerprint density at radius 1 is 1.04 bits per heavy atom. The first-order chi connectivity index (χ1) is 12.0. The van der Waals surface area contributed by atoms with Crippen LogP contribution in [-0.2, 0) is 20.8 Å². The standard InChI is InChI=1S/C19H27N3O3/c1-3-16-6-4-5-7-17(16)20-18(24)14-21-10-12-22(13-11-21)19(25)9-8-15(2)23/h4-7H,3,8-14H2,1-2H3,(H,20,24). The first-order valence-corrected chi connectivity index (χ1v) is 8.87. The zero-order chi connectivity index (χ0) is 18.2. The molecule has 0 bridgehead atoms. The van der Waals surface area contributed by atoms with Crippen molar-refractivity contribution in [1.29, 1.82) is 0 Å². The van der Waals surface area contributed by atoms with Crippen LogP contribution in [0.25, 0.3) is 0 Å². The van der Waals surface area contributed by atoms with Crippen molar-refractivity contribution >= 4 is 23.3 Å². The van der Waals surface area contributed by atoms with E-state index >= 15 is 0 Å². The molecule has 1 aromatic rings. The van der Waals surface area contributed by atoms with Crippen molar-refractivity contribution in [2.45, 2.75) is 33.1 Å². The van der Waals surface area contributed by atoms with Crippen molar-refractivity contribution in [3.63, 3.8) is 0 Å². The minimum absolute atomic E-state index is 0.0242. The topological polar surface area (TPSA) is 69.7 Å². The summed E-state index contributed by atoms with van der Waals surface area (Å²) in [6.45, 7) is 6.45. The summed E-state index contributed by atoms with van der Waals surface area (Å²) in [5.41, 5.74) is 1.99. The van der Waals surface area contributed by atoms with E-state index < -0.39 is 0 Å². The normalized spacial score (nSPS) is 15.0. The van der Waals surface area contributed by atoms with Gasteiger partial charge in [-0.1, -0.05) is 25.1 Å². The van der Waals surface area contributed by atoms with E-state index in [1.165, 1.54) is 6.92 Å². The molecule has 25 heavy (non-hydrogen) atoms. The lowest BCUT2D eigenvalue weighted by Gasteiger charge is -2.34. The number of benzene rings is 1. The number of hydrogen-bond acceptors (Lipinski definition) is 4. The quantitative estimate of drug-likeness (QED) is 0.817. The van der Waals surface area contributed by atoms with E-state index in [0.29, 0.717) is 39.1 Å². The van der Waals surface area contributed by atoms with Crippen molar-refractivity contribution in [3.05, 3.63) is 29.8 Å². The second-order valence-corrected chi connectivity index (χ2v) is 6.42. The second kappa shape index (κ2) is 9.32. The van der Waals surface area contributed by atoms with Crippen LogP contribution < -0.4 is 5.32 Å². The molecule has 6 heteroatoms. The third-order valence-electron chi connectivity index (χ3n) is 4.46. The van der Waals surface area contributed by atoms with E-state index in [0.717, 1.165) is 17.7 Å². The van der Waals surface area contributed by atoms with Crippen LogP contribution >= 0.6 is 0 Å². The van der Waals surface area contributed by atoms with Crippen LogP contribution in [0.5, 0.6) is 0 Å². The summed E-state index contributed by atoms with van der Waals surface area (Å²) in [4.78, 5) is 39.1. The first-order valence-electron chi connectivity index (χ1n) is 8.87. The monoisotopic (exact) mass is 345 g/mol. The maximum atomic E-state index is 12.3. The molecule has 0 spiro atoms. The molecular weight excluding hydrogens is 318 g/mol. The minimum Gasteiger partial charge on any atom is -0.340 e. The predicted molar refractivity (Wildman–Crippen MR) is 97.4 cm³/mol. The number of Topliss-reactive ketones (excluding diaryl/α,β-unsaturated/α-hetero) is 1. The van der Waals surface area contributed by atoms with Crippen LogP contribution in [-0.4, -0.2) is 60.1 Å². The zero-order valence-corrected chi connectivity index (χ0v) is 15.1. The van der Waals surface area contributed by atoms with Gasteiger partial charge >= 0.3 is 0 Å². The van der Waals surface area contributed by atoms with E-state index in [2.05, 4.69) is 17.1 Å². The predicted octanol–water partition coefficient (Wildman–Crippen LogP) is 1.70. The minimum atomic E-state index is -0.0303. The van der Waals surface area contributed by atoms with E-state index in [1.807, 2.05) is 24.3 Å². The Labute approximate surface area is 149 Å². The molecule has 2 rings (SSSR count). The molecular formula is C19H27N3O3. The highest BCUT2D eigenvalue weighted by Crippen LogP contribution is 2.15. The molecule has 2 amide bonds. The number of nitrogens with zero attached hydrogens (tertiary/aromatic N) is 2. The number of anilines is 1. The van der Waals surface area contributed by atoms with E-state index in [9.17, 15) is 14.4 Å². The Hall–Kier alpha value is -2.21. The average molecular weight is 345 g/mol. The fourth-order valence-corrected chi connectivity index (χ4v) is 2.94. The van der Waals surface area contributed by atoms with Gasteiger partial charge in [0.05, 0.1) is 6.54 Å². The van der Waals surface area contributed by atoms with Gasteiger partial charge in [0.25, 0.3) is 0 Å². The van der Waals surface area contributed by atoms with E-state index in [-0.39, 0.29) is 24.0 Å². The van der Waals surface area contributed by atoms with Gasteiger partial charge in [-0.2, -0.15) is 0 Å². The summed E-state index contributed by atoms with van der Waals surface area (Å²) >= 11 is 0. The summed E-state index contributed by atoms with van der Waals surface area (Å²) in [7, 11) is 0. The highest BCUT2D eigenvalue weighted by molar-refractivity contribution is 5.93. The van der Waals surface area contributed by atoms with Gasteiger partial charge in [0, 0.05) is 44.7 Å². The summed E-state index contributed by atoms with van der Waals surface area (Å²) in [6, 6.07) is 7.82. The van der Waals surface area contributed by atoms with Crippen molar-refractivity contribution in [1.82, 2.24) is 9.80 Å². The Morgan fingerprint density at radius 3 is 2.36 bits per heavy atom. The number of hydrogen-bond donors (Lipinski definition) is 1. The lowest BCUT2D eigenvalue weighted by Crippen LogP contribution is -2.50. The molecule has 1 fully saturated rings. The van der Waals surface area contributed by atoms with Crippen molar-refractivity contribution in [3.8, 4) is 0 Å². The second-order valence-electron chi connectivity index (χ2n) is 6.42. The van der Waals surface area contributed by atoms with Crippen LogP contribution in [0, 0.1) is 0 Å². The molecule has 1 heterocycles. The average Bonchev–Trinajstić information content (AvgIpc) is 2.60. The summed E-state index contributed by atoms with van der Waals surface area (Å²) in [6.07, 6.45) is 1.46. The Balaban J connectivity index is 1.77. The largest absolute Gasteiger partial charge is 0.340 e. The zero-order valence-electron chi connectivity index (χ0n) is 15.1. The molecule has 0 radical (unpaired) electrons. The number of rotatable bonds is 7. The Bertz CT molecular complexity index is 622. The van der Waals surface area contributed by atoms with Crippen LogP contribution in [0.1, 0.15) is 32.3 Å². The molecule has 0 aliphatic carbocycles. The van der Waals surface area contributed by atoms with Gasteiger partial charge in [-0.3, -0.25) is 14.5 Å². The van der Waals surface area contributed by atoms with Gasteiger partial charge in [-0.05, 0) is 25.0 Å². The first kappa shape index (κ1) is 19.1. The lowest BCUT2D eigenvalue weighted by atomic mass is 10.1. The SMILES string of the molecule is CCc1ccccc1NC(=O)CN1CCN(C(=O)CCC(C)=O)CC1. The van der Waals surface area contributed by atoms with Gasteiger partial charge in [0.1, 0.15) is 5.78 Å². The number of nitrogens with one attached hydrogen (secondary N) is 1. The summed E-state index contributed by atoms with van der Waals surface area (Å²) in [5, 5.41) is 2.98. The van der Waals surface area contributed by atoms with Gasteiger partial charge in [-0.15, -0.1) is 0 Å². The van der Waals surface area contributed by atoms with Gasteiger partial charge in [-0.25, -0.2) is 0 Å². The molecule has 1 aliphatic heterocycles. The highest BCUT2D eigenvalue weighted by Gasteiger charge is 2.22. The fraction of sp³-hybridized carbons (Fsp3) is 0.526.